The molecule has 0 spiro atoms. The van der Waals surface area contributed by atoms with Crippen molar-refractivity contribution in [1.82, 2.24) is 35.1 Å². The summed E-state index contributed by atoms with van der Waals surface area (Å²) in [7, 11) is 3.08. The zero-order chi connectivity index (χ0) is 28.1. The van der Waals surface area contributed by atoms with Crippen LogP contribution in [0.25, 0.3) is 16.9 Å². The Kier molecular flexibility index (Phi) is 8.60. The van der Waals surface area contributed by atoms with Crippen LogP contribution in [0.5, 0.6) is 6.01 Å². The first-order valence-electron chi connectivity index (χ1n) is 12.3. The van der Waals surface area contributed by atoms with E-state index in [0.717, 1.165) is 5.69 Å². The van der Waals surface area contributed by atoms with Gasteiger partial charge in [-0.05, 0) is 45.8 Å². The molecule has 14 heteroatoms. The van der Waals surface area contributed by atoms with E-state index in [1.807, 2.05) is 30.3 Å². The van der Waals surface area contributed by atoms with E-state index in [2.05, 4.69) is 41.5 Å². The topological polar surface area (TPSA) is 129 Å². The Labute approximate surface area is 237 Å². The Morgan fingerprint density at radius 1 is 1.18 bits per heavy atom. The highest BCUT2D eigenvalue weighted by Gasteiger charge is 2.37. The minimum atomic E-state index is -0.634. The molecule has 3 aromatic heterocycles. The Bertz CT molecular complexity index is 1460. The van der Waals surface area contributed by atoms with Crippen LogP contribution in [0.15, 0.2) is 65.5 Å². The first-order valence-corrected chi connectivity index (χ1v) is 13.1. The van der Waals surface area contributed by atoms with Gasteiger partial charge in [0.05, 0.1) is 29.9 Å². The van der Waals surface area contributed by atoms with Gasteiger partial charge < -0.3 is 14.8 Å². The van der Waals surface area contributed by atoms with Gasteiger partial charge in [-0.25, -0.2) is 24.4 Å². The first-order chi connectivity index (χ1) is 19.5. The zero-order valence-electron chi connectivity index (χ0n) is 21.6. The Hall–Kier alpha value is -3.98. The second kappa shape index (κ2) is 12.5. The van der Waals surface area contributed by atoms with Gasteiger partial charge in [0, 0.05) is 44.4 Å². The van der Waals surface area contributed by atoms with Crippen LogP contribution in [0.1, 0.15) is 11.7 Å². The van der Waals surface area contributed by atoms with Crippen LogP contribution in [0.3, 0.4) is 0 Å². The van der Waals surface area contributed by atoms with Crippen LogP contribution in [0, 0.1) is 5.95 Å². The maximum atomic E-state index is 13.9. The van der Waals surface area contributed by atoms with Gasteiger partial charge in [-0.15, -0.1) is 0 Å². The molecule has 2 amide bonds. The summed E-state index contributed by atoms with van der Waals surface area (Å²) in [5, 5.41) is 12.3. The second-order valence-electron chi connectivity index (χ2n) is 8.74. The van der Waals surface area contributed by atoms with Crippen LogP contribution in [-0.4, -0.2) is 75.8 Å². The van der Waals surface area contributed by atoms with E-state index in [9.17, 15) is 9.18 Å². The van der Waals surface area contributed by atoms with E-state index < -0.39 is 24.1 Å². The molecule has 0 unspecified atom stereocenters. The van der Waals surface area contributed by atoms with Crippen LogP contribution in [0.2, 0.25) is 0 Å². The average Bonchev–Trinajstić information content (AvgIpc) is 3.52. The minimum absolute atomic E-state index is 0.224. The fraction of sp³-hybridized carbons (Fsp3) is 0.269. The summed E-state index contributed by atoms with van der Waals surface area (Å²) in [6.07, 6.45) is 3.90. The van der Waals surface area contributed by atoms with Crippen LogP contribution >= 0.6 is 15.9 Å². The molecule has 1 aliphatic heterocycles. The summed E-state index contributed by atoms with van der Waals surface area (Å²) in [5.41, 5.74) is 2.40. The average molecular weight is 613 g/mol. The smallest absolute Gasteiger partial charge is 0.320 e. The molecule has 1 aromatic carbocycles. The molecule has 1 saturated heterocycles. The van der Waals surface area contributed by atoms with Crippen molar-refractivity contribution < 1.29 is 23.5 Å². The minimum Gasteiger partial charge on any atom is -0.467 e. The molecule has 2 N–H and O–H groups in total. The van der Waals surface area contributed by atoms with E-state index in [0.29, 0.717) is 46.8 Å². The summed E-state index contributed by atoms with van der Waals surface area (Å²) >= 11 is 3.60. The van der Waals surface area contributed by atoms with Crippen LogP contribution in [-0.2, 0) is 9.57 Å². The lowest BCUT2D eigenvalue weighted by atomic mass is 10.0. The number of para-hydroxylation sites is 1. The van der Waals surface area contributed by atoms with Gasteiger partial charge in [-0.3, -0.25) is 10.2 Å². The van der Waals surface area contributed by atoms with Crippen molar-refractivity contribution in [3.8, 4) is 23.0 Å². The standard InChI is InChI=1S/C26H26BrFN8O4/c1-38-11-10-35-15-19(23(40-35)16-8-9-29-20(28)12-16)32-25(37)33-24-21(27)22(17-13-30-26(39-2)31-14-17)34-36(24)18-6-4-3-5-7-18/h3-9,12-14,19,23H,10-11,15H2,1-2H3,(H2,32,33,37)/t19-,23+/m1/s1. The summed E-state index contributed by atoms with van der Waals surface area (Å²) in [4.78, 5) is 31.4. The number of nitrogens with one attached hydrogen (secondary N) is 2. The van der Waals surface area contributed by atoms with Crippen molar-refractivity contribution in [2.24, 2.45) is 0 Å². The third-order valence-electron chi connectivity index (χ3n) is 6.11. The maximum absolute atomic E-state index is 13.9. The molecule has 0 saturated carbocycles. The largest absolute Gasteiger partial charge is 0.467 e. The number of halogens is 2. The quantitative estimate of drug-likeness (QED) is 0.271. The number of ether oxygens (including phenoxy) is 2. The second-order valence-corrected chi connectivity index (χ2v) is 9.53. The summed E-state index contributed by atoms with van der Waals surface area (Å²) < 4.78 is 26.2. The molecule has 1 aliphatic rings. The lowest BCUT2D eigenvalue weighted by Crippen LogP contribution is -2.42. The maximum Gasteiger partial charge on any atom is 0.320 e. The number of rotatable bonds is 9. The van der Waals surface area contributed by atoms with Crippen molar-refractivity contribution in [1.29, 1.82) is 0 Å². The number of carbonyl (C=O) groups is 1. The predicted molar refractivity (Wildman–Crippen MR) is 146 cm³/mol. The van der Waals surface area contributed by atoms with Gasteiger partial charge >= 0.3 is 12.0 Å². The third-order valence-corrected chi connectivity index (χ3v) is 6.86. The van der Waals surface area contributed by atoms with Crippen molar-refractivity contribution in [3.63, 3.8) is 0 Å². The van der Waals surface area contributed by atoms with Crippen LogP contribution in [0.4, 0.5) is 15.0 Å². The highest BCUT2D eigenvalue weighted by Crippen LogP contribution is 2.36. The first kappa shape index (κ1) is 27.6. The van der Waals surface area contributed by atoms with Crippen molar-refractivity contribution in [2.45, 2.75) is 12.1 Å². The van der Waals surface area contributed by atoms with E-state index in [1.165, 1.54) is 19.4 Å². The Morgan fingerprint density at radius 2 is 1.95 bits per heavy atom. The van der Waals surface area contributed by atoms with E-state index >= 15 is 0 Å². The highest BCUT2D eigenvalue weighted by molar-refractivity contribution is 9.10. The zero-order valence-corrected chi connectivity index (χ0v) is 23.2. The summed E-state index contributed by atoms with van der Waals surface area (Å²) in [6, 6.07) is 11.5. The van der Waals surface area contributed by atoms with Gasteiger partial charge in [0.1, 0.15) is 11.8 Å². The molecule has 0 bridgehead atoms. The highest BCUT2D eigenvalue weighted by atomic mass is 79.9. The molecule has 208 valence electrons. The fourth-order valence-corrected chi connectivity index (χ4v) is 4.82. The van der Waals surface area contributed by atoms with Crippen LogP contribution < -0.4 is 15.4 Å². The Balaban J connectivity index is 1.42. The summed E-state index contributed by atoms with van der Waals surface area (Å²) in [5.74, 6) is -0.249. The van der Waals surface area contributed by atoms with Crippen molar-refractivity contribution >= 4 is 27.8 Å². The number of benzene rings is 1. The molecule has 2 atom stereocenters. The number of hydroxylamine groups is 2. The normalized spacial score (nSPS) is 17.1. The van der Waals surface area contributed by atoms with E-state index in [1.54, 1.807) is 35.3 Å². The summed E-state index contributed by atoms with van der Waals surface area (Å²) in [6.45, 7) is 1.26. The monoisotopic (exact) mass is 612 g/mol. The molecule has 40 heavy (non-hydrogen) atoms. The van der Waals surface area contributed by atoms with Gasteiger partial charge in [0.25, 0.3) is 0 Å². The molecule has 12 nitrogen and oxygen atoms in total. The van der Waals surface area contributed by atoms with Crippen molar-refractivity contribution in [2.75, 3.05) is 39.2 Å². The Morgan fingerprint density at radius 3 is 2.65 bits per heavy atom. The molecule has 0 aliphatic carbocycles. The van der Waals surface area contributed by atoms with Gasteiger partial charge in [0.2, 0.25) is 5.95 Å². The number of anilines is 1. The number of pyridine rings is 1. The fourth-order valence-electron chi connectivity index (χ4n) is 4.24. The molecule has 0 radical (unpaired) electrons. The molecule has 1 fully saturated rings. The predicted octanol–water partition coefficient (Wildman–Crippen LogP) is 3.76. The lowest BCUT2D eigenvalue weighted by molar-refractivity contribution is -0.154. The number of carbonyl (C=O) groups excluding carboxylic acids is 1. The molecule has 4 heterocycles. The van der Waals surface area contributed by atoms with Crippen molar-refractivity contribution in [3.05, 3.63) is 77.0 Å². The lowest BCUT2D eigenvalue weighted by Gasteiger charge is -2.19. The number of methoxy groups -OCH3 is 2. The number of urea groups is 1. The molecule has 5 rings (SSSR count). The van der Waals surface area contributed by atoms with Gasteiger partial charge in [-0.1, -0.05) is 18.2 Å². The number of nitrogens with zero attached hydrogens (tertiary/aromatic N) is 6. The number of hydrogen-bond acceptors (Lipinski definition) is 9. The van der Waals surface area contributed by atoms with E-state index in [4.69, 9.17) is 19.4 Å². The molecule has 4 aromatic rings. The number of amides is 2. The molecular weight excluding hydrogens is 587 g/mol. The van der Waals surface area contributed by atoms with E-state index in [-0.39, 0.29) is 6.01 Å². The number of hydrogen-bond donors (Lipinski definition) is 2. The number of aromatic nitrogens is 5. The van der Waals surface area contributed by atoms with Gasteiger partial charge in [0.15, 0.2) is 5.82 Å². The molecular formula is C26H26BrFN8O4. The van der Waals surface area contributed by atoms with Gasteiger partial charge in [-0.2, -0.15) is 14.6 Å². The third kappa shape index (κ3) is 6.09. The SMILES string of the molecule is COCCN1C[C@@H](NC(=O)Nc2c(Br)c(-c3cnc(OC)nc3)nn2-c2ccccc2)[C@H](c2ccnc(F)c2)O1.